The first-order valence-electron chi connectivity index (χ1n) is 10.4. The number of esters is 2. The van der Waals surface area contributed by atoms with Gasteiger partial charge in [0.25, 0.3) is 0 Å². The largest absolute Gasteiger partial charge is 1.00 e. The monoisotopic (exact) mass is 484 g/mol. The molecule has 1 aliphatic rings. The Morgan fingerprint density at radius 3 is 1.88 bits per heavy atom. The standard InChI is InChI=1S/C8H14O2.C8H8.C7H10O3.C3H4O2.Na.H/c1-4-5-6-10-8(9)7(2)3;1-2-8-6-4-3-5-7-8;1-5(2)7(8)10-4-6-3-9-6;1-2-3(4)5;;/h2,4-6H2,1,3H3;2-7H,1H2;6H,1,3-4H2,2H3;2H,1H2,(H,4,5);;/q;;;;+1;-1. The summed E-state index contributed by atoms with van der Waals surface area (Å²) in [6.45, 7) is 20.4. The van der Waals surface area contributed by atoms with Crippen molar-refractivity contribution in [2.24, 2.45) is 0 Å². The number of carboxylic acid groups (broad SMARTS) is 1. The molecular weight excluding hydrogens is 447 g/mol. The van der Waals surface area contributed by atoms with Crippen LogP contribution in [0.3, 0.4) is 0 Å². The van der Waals surface area contributed by atoms with Crippen molar-refractivity contribution in [3.8, 4) is 0 Å². The van der Waals surface area contributed by atoms with Gasteiger partial charge in [0, 0.05) is 17.2 Å². The molecule has 7 nitrogen and oxygen atoms in total. The van der Waals surface area contributed by atoms with Gasteiger partial charge in [-0.05, 0) is 25.8 Å². The van der Waals surface area contributed by atoms with Crippen LogP contribution in [0.25, 0.3) is 6.08 Å². The summed E-state index contributed by atoms with van der Waals surface area (Å²) < 4.78 is 14.4. The molecule has 1 aliphatic heterocycles. The predicted molar refractivity (Wildman–Crippen MR) is 132 cm³/mol. The van der Waals surface area contributed by atoms with E-state index in [1.54, 1.807) is 13.8 Å². The van der Waals surface area contributed by atoms with Crippen LogP contribution in [0.5, 0.6) is 0 Å². The number of ether oxygens (including phenoxy) is 3. The van der Waals surface area contributed by atoms with Gasteiger partial charge < -0.3 is 20.7 Å². The van der Waals surface area contributed by atoms with Gasteiger partial charge in [-0.25, -0.2) is 14.4 Å². The maximum absolute atomic E-state index is 10.7. The molecule has 0 aromatic heterocycles. The summed E-state index contributed by atoms with van der Waals surface area (Å²) >= 11 is 0. The maximum atomic E-state index is 10.7. The van der Waals surface area contributed by atoms with Gasteiger partial charge in [-0.3, -0.25) is 0 Å². The quantitative estimate of drug-likeness (QED) is 0.188. The molecule has 0 bridgehead atoms. The van der Waals surface area contributed by atoms with E-state index >= 15 is 0 Å². The van der Waals surface area contributed by atoms with E-state index in [9.17, 15) is 14.4 Å². The van der Waals surface area contributed by atoms with E-state index in [1.807, 2.05) is 36.4 Å². The van der Waals surface area contributed by atoms with E-state index in [1.165, 1.54) is 5.56 Å². The second-order valence-electron chi connectivity index (χ2n) is 6.76. The Balaban J connectivity index is -0.000000184. The Morgan fingerprint density at radius 2 is 1.56 bits per heavy atom. The second kappa shape index (κ2) is 23.7. The van der Waals surface area contributed by atoms with Gasteiger partial charge in [0.1, 0.15) is 12.7 Å². The Labute approximate surface area is 227 Å². The predicted octanol–water partition coefficient (Wildman–Crippen LogP) is 2.11. The summed E-state index contributed by atoms with van der Waals surface area (Å²) in [5.74, 6) is -1.60. The van der Waals surface area contributed by atoms with Crippen LogP contribution in [0.1, 0.15) is 40.6 Å². The van der Waals surface area contributed by atoms with Gasteiger partial charge in [-0.2, -0.15) is 0 Å². The number of unbranched alkanes of at least 4 members (excludes halogenated alkanes) is 1. The molecule has 0 amide bonds. The molecule has 1 atom stereocenters. The van der Waals surface area contributed by atoms with Crippen molar-refractivity contribution in [2.75, 3.05) is 19.8 Å². The average molecular weight is 485 g/mol. The van der Waals surface area contributed by atoms with Crippen LogP contribution < -0.4 is 29.6 Å². The van der Waals surface area contributed by atoms with Crippen molar-refractivity contribution in [3.05, 3.63) is 79.4 Å². The molecule has 1 unspecified atom stereocenters. The van der Waals surface area contributed by atoms with Crippen molar-refractivity contribution in [1.82, 2.24) is 0 Å². The normalized spacial score (nSPS) is 12.0. The SMILES string of the molecule is C=C(C)C(=O)OCC1CO1.C=C(C)C(=O)OCCCC.C=CC(=O)O.C=Cc1ccccc1.[H-].[Na+]. The minimum Gasteiger partial charge on any atom is -1.00 e. The number of rotatable bonds is 9. The van der Waals surface area contributed by atoms with Crippen LogP contribution in [-0.4, -0.2) is 48.9 Å². The van der Waals surface area contributed by atoms with Crippen molar-refractivity contribution in [3.63, 3.8) is 0 Å². The molecule has 0 radical (unpaired) electrons. The van der Waals surface area contributed by atoms with Crippen LogP contribution >= 0.6 is 0 Å². The fourth-order valence-electron chi connectivity index (χ4n) is 1.48. The number of carbonyl (C=O) groups is 3. The Bertz CT molecular complexity index is 775. The summed E-state index contributed by atoms with van der Waals surface area (Å²) in [7, 11) is 0. The summed E-state index contributed by atoms with van der Waals surface area (Å²) in [5.41, 5.74) is 2.07. The zero-order valence-corrected chi connectivity index (χ0v) is 22.9. The Kier molecular flexibility index (Phi) is 25.2. The van der Waals surface area contributed by atoms with E-state index < -0.39 is 5.97 Å². The molecule has 1 fully saturated rings. The van der Waals surface area contributed by atoms with E-state index in [0.717, 1.165) is 18.9 Å². The zero-order chi connectivity index (χ0) is 25.6. The van der Waals surface area contributed by atoms with Crippen molar-refractivity contribution < 1.29 is 64.7 Å². The third-order valence-corrected chi connectivity index (χ3v) is 3.44. The van der Waals surface area contributed by atoms with Crippen molar-refractivity contribution in [1.29, 1.82) is 0 Å². The van der Waals surface area contributed by atoms with Gasteiger partial charge in [-0.1, -0.05) is 76.1 Å². The van der Waals surface area contributed by atoms with Crippen LogP contribution in [0.2, 0.25) is 0 Å². The first-order chi connectivity index (χ1) is 15.6. The van der Waals surface area contributed by atoms with E-state index in [2.05, 4.69) is 33.2 Å². The summed E-state index contributed by atoms with van der Waals surface area (Å²) in [4.78, 5) is 30.6. The van der Waals surface area contributed by atoms with Gasteiger partial charge >= 0.3 is 47.5 Å². The van der Waals surface area contributed by atoms with Crippen LogP contribution in [0, 0.1) is 0 Å². The number of hydrogen-bond donors (Lipinski definition) is 1. The Hall–Kier alpha value is -2.45. The number of carboxylic acids is 1. The van der Waals surface area contributed by atoms with E-state index in [4.69, 9.17) is 19.3 Å². The third-order valence-electron chi connectivity index (χ3n) is 3.44. The van der Waals surface area contributed by atoms with Gasteiger partial charge in [0.2, 0.25) is 0 Å². The first kappa shape index (κ1) is 36.1. The van der Waals surface area contributed by atoms with Crippen LogP contribution in [0.15, 0.2) is 73.9 Å². The summed E-state index contributed by atoms with van der Waals surface area (Å²) in [6, 6.07) is 10.0. The van der Waals surface area contributed by atoms with Gasteiger partial charge in [0.05, 0.1) is 13.2 Å². The molecule has 2 rings (SSSR count). The topological polar surface area (TPSA) is 102 Å². The maximum Gasteiger partial charge on any atom is 1.00 e. The molecule has 1 aromatic rings. The van der Waals surface area contributed by atoms with Crippen LogP contribution in [0.4, 0.5) is 0 Å². The molecule has 8 heteroatoms. The minimum absolute atomic E-state index is 0. The average Bonchev–Trinajstić information content (AvgIpc) is 3.63. The van der Waals surface area contributed by atoms with Gasteiger partial charge in [0.15, 0.2) is 0 Å². The van der Waals surface area contributed by atoms with E-state index in [0.29, 0.717) is 31.0 Å². The molecule has 0 saturated carbocycles. The molecule has 0 spiro atoms. The summed E-state index contributed by atoms with van der Waals surface area (Å²) in [5, 5.41) is 7.60. The Morgan fingerprint density at radius 1 is 1.09 bits per heavy atom. The molecule has 1 saturated heterocycles. The number of epoxide rings is 1. The molecule has 184 valence electrons. The number of aliphatic carboxylic acids is 1. The number of hydrogen-bond acceptors (Lipinski definition) is 6. The molecule has 1 heterocycles. The third kappa shape index (κ3) is 25.8. The molecule has 1 N–H and O–H groups in total. The molecular formula is C26H37NaO7. The number of carbonyl (C=O) groups excluding carboxylic acids is 2. The van der Waals surface area contributed by atoms with Crippen molar-refractivity contribution in [2.45, 2.75) is 39.7 Å². The van der Waals surface area contributed by atoms with Gasteiger partial charge in [-0.15, -0.1) is 0 Å². The molecule has 1 aromatic carbocycles. The smallest absolute Gasteiger partial charge is 1.00 e. The minimum atomic E-state index is -0.981. The fraction of sp³-hybridized carbons (Fsp3) is 0.346. The van der Waals surface area contributed by atoms with E-state index in [-0.39, 0.29) is 49.0 Å². The fourth-order valence-corrected chi connectivity index (χ4v) is 1.48. The van der Waals surface area contributed by atoms with Crippen LogP contribution in [-0.2, 0) is 28.6 Å². The number of benzene rings is 1. The molecule has 0 aliphatic carbocycles. The summed E-state index contributed by atoms with van der Waals surface area (Å²) in [6.07, 6.45) is 4.78. The zero-order valence-electron chi connectivity index (χ0n) is 21.9. The molecule has 34 heavy (non-hydrogen) atoms. The van der Waals surface area contributed by atoms with Crippen molar-refractivity contribution >= 4 is 24.0 Å². The first-order valence-corrected chi connectivity index (χ1v) is 10.4. The second-order valence-corrected chi connectivity index (χ2v) is 6.76.